The number of hydrogen-bond acceptors (Lipinski definition) is 4. The van der Waals surface area contributed by atoms with E-state index in [1.165, 1.54) is 0 Å². The number of aromatic nitrogens is 2. The number of nitrogens with one attached hydrogen (secondary N) is 1. The number of H-pyrrole nitrogens is 1. The molecule has 2 aromatic heterocycles. The van der Waals surface area contributed by atoms with E-state index in [0.717, 1.165) is 26.0 Å². The monoisotopic (exact) mass is 284 g/mol. The van der Waals surface area contributed by atoms with Gasteiger partial charge in [-0.15, -0.1) is 11.3 Å². The van der Waals surface area contributed by atoms with Gasteiger partial charge in [0.2, 0.25) is 0 Å². The summed E-state index contributed by atoms with van der Waals surface area (Å²) in [7, 11) is 7.70. The first-order valence-electron chi connectivity index (χ1n) is 5.59. The molecule has 0 atom stereocenters. The number of rotatable bonds is 2. The summed E-state index contributed by atoms with van der Waals surface area (Å²) < 4.78 is 5.99. The molecule has 1 aromatic carbocycles. The van der Waals surface area contributed by atoms with E-state index < -0.39 is 0 Å². The van der Waals surface area contributed by atoms with Crippen LogP contribution in [0, 0.1) is 4.51 Å². The second-order valence-corrected chi connectivity index (χ2v) is 5.34. The SMILES string of the molecule is [B]c1c(OC)ccc2c(=S)cc(-c3cncs3)[nH]c12. The molecule has 0 fully saturated rings. The summed E-state index contributed by atoms with van der Waals surface area (Å²) in [5.41, 5.74) is 4.07. The molecule has 19 heavy (non-hydrogen) atoms. The highest BCUT2D eigenvalue weighted by Gasteiger charge is 2.08. The van der Waals surface area contributed by atoms with Crippen LogP contribution in [0.3, 0.4) is 0 Å². The molecule has 0 aliphatic rings. The molecule has 0 aliphatic heterocycles. The number of benzene rings is 1. The lowest BCUT2D eigenvalue weighted by Crippen LogP contribution is -2.10. The van der Waals surface area contributed by atoms with Crippen LogP contribution < -0.4 is 10.2 Å². The number of pyridine rings is 1. The molecule has 3 rings (SSSR count). The third kappa shape index (κ3) is 2.07. The van der Waals surface area contributed by atoms with E-state index >= 15 is 0 Å². The summed E-state index contributed by atoms with van der Waals surface area (Å²) in [5, 5.41) is 0.918. The number of nitrogens with zero attached hydrogens (tertiary/aromatic N) is 1. The van der Waals surface area contributed by atoms with E-state index in [1.54, 1.807) is 30.2 Å². The Morgan fingerprint density at radius 2 is 2.26 bits per heavy atom. The number of methoxy groups -OCH3 is 1. The fraction of sp³-hybridized carbons (Fsp3) is 0.0769. The van der Waals surface area contributed by atoms with Crippen molar-refractivity contribution in [1.29, 1.82) is 0 Å². The van der Waals surface area contributed by atoms with Crippen LogP contribution in [0.5, 0.6) is 5.75 Å². The Morgan fingerprint density at radius 3 is 2.95 bits per heavy atom. The predicted molar refractivity (Wildman–Crippen MR) is 82.2 cm³/mol. The topological polar surface area (TPSA) is 37.9 Å². The molecular weight excluding hydrogens is 275 g/mol. The minimum Gasteiger partial charge on any atom is -0.497 e. The van der Waals surface area contributed by atoms with Crippen LogP contribution in [0.4, 0.5) is 0 Å². The van der Waals surface area contributed by atoms with Crippen molar-refractivity contribution < 1.29 is 4.74 Å². The van der Waals surface area contributed by atoms with Gasteiger partial charge in [-0.1, -0.05) is 12.2 Å². The van der Waals surface area contributed by atoms with Crippen molar-refractivity contribution in [2.24, 2.45) is 0 Å². The van der Waals surface area contributed by atoms with Crippen LogP contribution in [0.1, 0.15) is 0 Å². The Balaban J connectivity index is 2.35. The zero-order valence-corrected chi connectivity index (χ0v) is 11.8. The minimum absolute atomic E-state index is 0.567. The van der Waals surface area contributed by atoms with Gasteiger partial charge < -0.3 is 9.72 Å². The van der Waals surface area contributed by atoms with E-state index in [9.17, 15) is 0 Å². The summed E-state index contributed by atoms with van der Waals surface area (Å²) in [4.78, 5) is 8.41. The lowest BCUT2D eigenvalue weighted by Gasteiger charge is -2.10. The highest BCUT2D eigenvalue weighted by molar-refractivity contribution is 7.71. The fourth-order valence-corrected chi connectivity index (χ4v) is 2.86. The molecule has 0 spiro atoms. The Bertz CT molecular complexity index is 796. The Morgan fingerprint density at radius 1 is 1.42 bits per heavy atom. The number of hydrogen-bond donors (Lipinski definition) is 1. The van der Waals surface area contributed by atoms with Crippen LogP contribution in [-0.2, 0) is 0 Å². The molecule has 2 radical (unpaired) electrons. The molecule has 2 heterocycles. The maximum Gasteiger partial charge on any atom is 0.121 e. The first-order chi connectivity index (χ1) is 9.20. The van der Waals surface area contributed by atoms with E-state index in [1.807, 2.05) is 18.2 Å². The normalized spacial score (nSPS) is 10.8. The van der Waals surface area contributed by atoms with Gasteiger partial charge in [0.1, 0.15) is 13.6 Å². The molecule has 0 saturated heterocycles. The minimum atomic E-state index is 0.567. The zero-order chi connectivity index (χ0) is 13.4. The molecule has 1 N–H and O–H groups in total. The summed E-state index contributed by atoms with van der Waals surface area (Å²) in [5.74, 6) is 0.639. The fourth-order valence-electron chi connectivity index (χ4n) is 1.98. The van der Waals surface area contributed by atoms with E-state index in [4.69, 9.17) is 24.8 Å². The first-order valence-corrected chi connectivity index (χ1v) is 6.88. The molecule has 0 amide bonds. The Hall–Kier alpha value is -1.66. The molecule has 0 aliphatic carbocycles. The number of ether oxygens (including phenoxy) is 1. The Labute approximate surface area is 120 Å². The van der Waals surface area contributed by atoms with Gasteiger partial charge in [-0.2, -0.15) is 0 Å². The smallest absolute Gasteiger partial charge is 0.121 e. The molecule has 0 unspecified atom stereocenters. The van der Waals surface area contributed by atoms with Crippen molar-refractivity contribution in [3.63, 3.8) is 0 Å². The van der Waals surface area contributed by atoms with Crippen LogP contribution >= 0.6 is 23.6 Å². The highest BCUT2D eigenvalue weighted by Crippen LogP contribution is 2.25. The lowest BCUT2D eigenvalue weighted by molar-refractivity contribution is 0.418. The second-order valence-electron chi connectivity index (χ2n) is 4.02. The zero-order valence-electron chi connectivity index (χ0n) is 10.1. The third-order valence-electron chi connectivity index (χ3n) is 2.92. The molecule has 6 heteroatoms. The van der Waals surface area contributed by atoms with Gasteiger partial charge in [0.25, 0.3) is 0 Å². The van der Waals surface area contributed by atoms with Crippen LogP contribution in [-0.4, -0.2) is 24.9 Å². The van der Waals surface area contributed by atoms with Crippen molar-refractivity contribution in [1.82, 2.24) is 9.97 Å². The summed E-state index contributed by atoms with van der Waals surface area (Å²) >= 11 is 6.97. The van der Waals surface area contributed by atoms with Crippen molar-refractivity contribution >= 4 is 47.8 Å². The van der Waals surface area contributed by atoms with Gasteiger partial charge >= 0.3 is 0 Å². The number of thiazole rings is 1. The van der Waals surface area contributed by atoms with E-state index in [-0.39, 0.29) is 0 Å². The molecule has 3 nitrogen and oxygen atoms in total. The molecule has 92 valence electrons. The van der Waals surface area contributed by atoms with Crippen LogP contribution in [0.15, 0.2) is 29.9 Å². The highest BCUT2D eigenvalue weighted by atomic mass is 32.1. The predicted octanol–water partition coefficient (Wildman–Crippen LogP) is 2.82. The summed E-state index contributed by atoms with van der Waals surface area (Å²) in [6.07, 6.45) is 1.80. The van der Waals surface area contributed by atoms with Crippen molar-refractivity contribution in [2.75, 3.05) is 7.11 Å². The molecular formula is C13H9BN2OS2. The maximum absolute atomic E-state index is 6.11. The van der Waals surface area contributed by atoms with Crippen molar-refractivity contribution in [3.05, 3.63) is 34.4 Å². The number of fused-ring (bicyclic) bond motifs is 1. The average molecular weight is 284 g/mol. The third-order valence-corrected chi connectivity index (χ3v) is 4.07. The van der Waals surface area contributed by atoms with Crippen molar-refractivity contribution in [3.8, 4) is 16.3 Å². The summed E-state index contributed by atoms with van der Waals surface area (Å²) in [6, 6.07) is 5.67. The van der Waals surface area contributed by atoms with Gasteiger partial charge in [-0.3, -0.25) is 4.98 Å². The van der Waals surface area contributed by atoms with Gasteiger partial charge in [-0.05, 0) is 23.7 Å². The first kappa shape index (κ1) is 12.4. The summed E-state index contributed by atoms with van der Waals surface area (Å²) in [6.45, 7) is 0. The second kappa shape index (κ2) is 4.79. The largest absolute Gasteiger partial charge is 0.497 e. The van der Waals surface area contributed by atoms with Crippen LogP contribution in [0.25, 0.3) is 21.5 Å². The van der Waals surface area contributed by atoms with E-state index in [0.29, 0.717) is 11.2 Å². The van der Waals surface area contributed by atoms with Gasteiger partial charge in [0.05, 0.1) is 23.2 Å². The van der Waals surface area contributed by atoms with E-state index in [2.05, 4.69) is 9.97 Å². The molecule has 0 saturated carbocycles. The Kier molecular flexibility index (Phi) is 3.12. The number of aromatic amines is 1. The van der Waals surface area contributed by atoms with Gasteiger partial charge in [-0.25, -0.2) is 0 Å². The quantitative estimate of drug-likeness (QED) is 0.581. The molecule has 0 bridgehead atoms. The lowest BCUT2D eigenvalue weighted by atomic mass is 9.91. The van der Waals surface area contributed by atoms with Crippen molar-refractivity contribution in [2.45, 2.75) is 0 Å². The van der Waals surface area contributed by atoms with Gasteiger partial charge in [0.15, 0.2) is 0 Å². The maximum atomic E-state index is 6.11. The standard InChI is InChI=1S/C13H9BN2OS2/c1-17-9-3-2-7-10(18)4-8(11-5-15-6-19-11)16-13(7)12(9)14/h2-6H,1H3,(H,16,18). The molecule has 3 aromatic rings. The van der Waals surface area contributed by atoms with Crippen LogP contribution in [0.2, 0.25) is 0 Å². The van der Waals surface area contributed by atoms with Gasteiger partial charge in [0, 0.05) is 21.6 Å². The average Bonchev–Trinajstić information content (AvgIpc) is 2.94.